The number of aryl methyl sites for hydroxylation is 3. The standard InChI is InChI=1S/C17H19Cl2NO/c1-9-5-10(2)16(11(3)6-9)17(20)12-7-14(19)15(21-4)8-13(12)18/h5-8,17H,20H2,1-4H3. The zero-order chi connectivity index (χ0) is 15.7. The second-order valence-electron chi connectivity index (χ2n) is 5.30. The molecule has 0 fully saturated rings. The van der Waals surface area contributed by atoms with Gasteiger partial charge in [-0.15, -0.1) is 0 Å². The molecule has 0 aliphatic heterocycles. The third-order valence-electron chi connectivity index (χ3n) is 3.66. The van der Waals surface area contributed by atoms with E-state index in [2.05, 4.69) is 32.9 Å². The Morgan fingerprint density at radius 3 is 2.05 bits per heavy atom. The number of rotatable bonds is 3. The van der Waals surface area contributed by atoms with Crippen LogP contribution in [0.4, 0.5) is 0 Å². The number of benzene rings is 2. The van der Waals surface area contributed by atoms with Crippen LogP contribution in [0.3, 0.4) is 0 Å². The zero-order valence-corrected chi connectivity index (χ0v) is 14.1. The molecule has 0 bridgehead atoms. The van der Waals surface area contributed by atoms with Crippen molar-refractivity contribution in [2.24, 2.45) is 5.73 Å². The lowest BCUT2D eigenvalue weighted by Crippen LogP contribution is -2.15. The van der Waals surface area contributed by atoms with Crippen LogP contribution in [0.1, 0.15) is 33.9 Å². The summed E-state index contributed by atoms with van der Waals surface area (Å²) in [6, 6.07) is 7.42. The van der Waals surface area contributed by atoms with Crippen molar-refractivity contribution in [3.63, 3.8) is 0 Å². The maximum absolute atomic E-state index is 6.45. The Balaban J connectivity index is 2.55. The smallest absolute Gasteiger partial charge is 0.138 e. The summed E-state index contributed by atoms with van der Waals surface area (Å²) in [5.74, 6) is 0.551. The highest BCUT2D eigenvalue weighted by atomic mass is 35.5. The first-order valence-corrected chi connectivity index (χ1v) is 7.47. The molecule has 2 aromatic carbocycles. The largest absolute Gasteiger partial charge is 0.495 e. The van der Waals surface area contributed by atoms with E-state index in [1.54, 1.807) is 19.2 Å². The molecule has 0 saturated heterocycles. The number of methoxy groups -OCH3 is 1. The van der Waals surface area contributed by atoms with Gasteiger partial charge in [0, 0.05) is 11.1 Å². The molecule has 0 aliphatic carbocycles. The van der Waals surface area contributed by atoms with E-state index in [9.17, 15) is 0 Å². The van der Waals surface area contributed by atoms with Crippen LogP contribution in [-0.2, 0) is 0 Å². The molecule has 0 heterocycles. The van der Waals surface area contributed by atoms with Gasteiger partial charge >= 0.3 is 0 Å². The fourth-order valence-electron chi connectivity index (χ4n) is 2.78. The van der Waals surface area contributed by atoms with E-state index in [4.69, 9.17) is 33.7 Å². The van der Waals surface area contributed by atoms with Crippen molar-refractivity contribution >= 4 is 23.2 Å². The predicted molar refractivity (Wildman–Crippen MR) is 89.7 cm³/mol. The van der Waals surface area contributed by atoms with Crippen molar-refractivity contribution in [3.8, 4) is 5.75 Å². The van der Waals surface area contributed by atoms with Gasteiger partial charge in [0.2, 0.25) is 0 Å². The Hall–Kier alpha value is -1.22. The Bertz CT molecular complexity index is 660. The van der Waals surface area contributed by atoms with E-state index in [0.29, 0.717) is 15.8 Å². The maximum Gasteiger partial charge on any atom is 0.138 e. The van der Waals surface area contributed by atoms with Crippen molar-refractivity contribution in [2.75, 3.05) is 7.11 Å². The van der Waals surface area contributed by atoms with Gasteiger partial charge in [0.25, 0.3) is 0 Å². The van der Waals surface area contributed by atoms with E-state index < -0.39 is 0 Å². The minimum absolute atomic E-state index is 0.318. The third kappa shape index (κ3) is 3.18. The molecular weight excluding hydrogens is 305 g/mol. The van der Waals surface area contributed by atoms with Gasteiger partial charge in [-0.25, -0.2) is 0 Å². The summed E-state index contributed by atoms with van der Waals surface area (Å²) in [5.41, 5.74) is 11.9. The molecule has 2 rings (SSSR count). The van der Waals surface area contributed by atoms with Gasteiger partial charge in [-0.3, -0.25) is 0 Å². The summed E-state index contributed by atoms with van der Waals surface area (Å²) in [4.78, 5) is 0. The lowest BCUT2D eigenvalue weighted by molar-refractivity contribution is 0.415. The average Bonchev–Trinajstić information content (AvgIpc) is 2.39. The summed E-state index contributed by atoms with van der Waals surface area (Å²) in [6.07, 6.45) is 0. The van der Waals surface area contributed by atoms with Gasteiger partial charge in [0.1, 0.15) is 5.75 Å². The van der Waals surface area contributed by atoms with Crippen molar-refractivity contribution in [1.82, 2.24) is 0 Å². The quantitative estimate of drug-likeness (QED) is 0.864. The van der Waals surface area contributed by atoms with Crippen LogP contribution in [0, 0.1) is 20.8 Å². The number of hydrogen-bond donors (Lipinski definition) is 1. The molecule has 4 heteroatoms. The highest BCUT2D eigenvalue weighted by Crippen LogP contribution is 2.37. The molecule has 1 unspecified atom stereocenters. The maximum atomic E-state index is 6.45. The van der Waals surface area contributed by atoms with Crippen LogP contribution in [-0.4, -0.2) is 7.11 Å². The van der Waals surface area contributed by atoms with E-state index in [0.717, 1.165) is 22.3 Å². The van der Waals surface area contributed by atoms with Crippen molar-refractivity contribution in [1.29, 1.82) is 0 Å². The van der Waals surface area contributed by atoms with Crippen LogP contribution >= 0.6 is 23.2 Å². The molecule has 21 heavy (non-hydrogen) atoms. The summed E-state index contributed by atoms with van der Waals surface area (Å²) in [5, 5.41) is 1.07. The van der Waals surface area contributed by atoms with Crippen LogP contribution in [0.2, 0.25) is 10.0 Å². The molecule has 0 aliphatic rings. The van der Waals surface area contributed by atoms with E-state index in [1.165, 1.54) is 5.56 Å². The minimum atomic E-state index is -0.318. The number of hydrogen-bond acceptors (Lipinski definition) is 2. The molecule has 1 atom stereocenters. The molecule has 0 saturated carbocycles. The lowest BCUT2D eigenvalue weighted by Gasteiger charge is -2.20. The third-order valence-corrected chi connectivity index (χ3v) is 4.28. The number of halogens is 2. The normalized spacial score (nSPS) is 12.3. The van der Waals surface area contributed by atoms with Crippen molar-refractivity contribution < 1.29 is 4.74 Å². The van der Waals surface area contributed by atoms with Gasteiger partial charge in [-0.2, -0.15) is 0 Å². The average molecular weight is 324 g/mol. The van der Waals surface area contributed by atoms with Gasteiger partial charge in [-0.05, 0) is 49.1 Å². The molecule has 2 nitrogen and oxygen atoms in total. The summed E-state index contributed by atoms with van der Waals surface area (Å²) >= 11 is 12.5. The summed E-state index contributed by atoms with van der Waals surface area (Å²) in [6.45, 7) is 6.20. The second-order valence-corrected chi connectivity index (χ2v) is 6.11. The first kappa shape index (κ1) is 16.2. The van der Waals surface area contributed by atoms with E-state index in [-0.39, 0.29) is 6.04 Å². The van der Waals surface area contributed by atoms with E-state index in [1.807, 2.05) is 0 Å². The first-order chi connectivity index (χ1) is 9.85. The highest BCUT2D eigenvalue weighted by molar-refractivity contribution is 6.34. The van der Waals surface area contributed by atoms with E-state index >= 15 is 0 Å². The lowest BCUT2D eigenvalue weighted by atomic mass is 9.90. The fraction of sp³-hybridized carbons (Fsp3) is 0.294. The van der Waals surface area contributed by atoms with Crippen LogP contribution in [0.25, 0.3) is 0 Å². The summed E-state index contributed by atoms with van der Waals surface area (Å²) < 4.78 is 5.17. The van der Waals surface area contributed by atoms with Gasteiger partial charge < -0.3 is 10.5 Å². The summed E-state index contributed by atoms with van der Waals surface area (Å²) in [7, 11) is 1.56. The molecule has 2 aromatic rings. The Kier molecular flexibility index (Phi) is 4.82. The number of nitrogens with two attached hydrogens (primary N) is 1. The monoisotopic (exact) mass is 323 g/mol. The molecule has 0 radical (unpaired) electrons. The van der Waals surface area contributed by atoms with Crippen LogP contribution in [0.15, 0.2) is 24.3 Å². The predicted octanol–water partition coefficient (Wildman–Crippen LogP) is 4.98. The van der Waals surface area contributed by atoms with Crippen molar-refractivity contribution in [3.05, 3.63) is 62.1 Å². The number of ether oxygens (including phenoxy) is 1. The second kappa shape index (κ2) is 6.27. The van der Waals surface area contributed by atoms with Gasteiger partial charge in [-0.1, -0.05) is 40.9 Å². The first-order valence-electron chi connectivity index (χ1n) is 6.71. The van der Waals surface area contributed by atoms with Gasteiger partial charge in [0.15, 0.2) is 0 Å². The van der Waals surface area contributed by atoms with Gasteiger partial charge in [0.05, 0.1) is 18.2 Å². The Morgan fingerprint density at radius 1 is 0.952 bits per heavy atom. The minimum Gasteiger partial charge on any atom is -0.495 e. The molecule has 2 N–H and O–H groups in total. The zero-order valence-electron chi connectivity index (χ0n) is 12.6. The topological polar surface area (TPSA) is 35.2 Å². The molecule has 0 spiro atoms. The molecule has 112 valence electrons. The molecule has 0 amide bonds. The van der Waals surface area contributed by atoms with Crippen molar-refractivity contribution in [2.45, 2.75) is 26.8 Å². The molecular formula is C17H19Cl2NO. The SMILES string of the molecule is COc1cc(Cl)c(C(N)c2c(C)cc(C)cc2C)cc1Cl. The molecule has 0 aromatic heterocycles. The van der Waals surface area contributed by atoms with Crippen LogP contribution in [0.5, 0.6) is 5.75 Å². The Morgan fingerprint density at radius 2 is 1.52 bits per heavy atom. The van der Waals surface area contributed by atoms with Crippen LogP contribution < -0.4 is 10.5 Å². The highest BCUT2D eigenvalue weighted by Gasteiger charge is 2.19. The Labute approximate surface area is 135 Å². The fourth-order valence-corrected chi connectivity index (χ4v) is 3.30.